The van der Waals surface area contributed by atoms with Crippen LogP contribution in [0.15, 0.2) is 29.2 Å². The van der Waals surface area contributed by atoms with E-state index in [4.69, 9.17) is 0 Å². The molecule has 6 nitrogen and oxygen atoms in total. The summed E-state index contributed by atoms with van der Waals surface area (Å²) in [4.78, 5) is 0.287. The van der Waals surface area contributed by atoms with Gasteiger partial charge in [0.15, 0.2) is 9.84 Å². The van der Waals surface area contributed by atoms with Crippen LogP contribution in [0.3, 0.4) is 0 Å². The number of sulfonamides is 1. The average Bonchev–Trinajstić information content (AvgIpc) is 2.39. The Morgan fingerprint density at radius 2 is 1.57 bits per heavy atom. The van der Waals surface area contributed by atoms with Gasteiger partial charge in [-0.05, 0) is 30.7 Å². The third kappa shape index (κ3) is 6.03. The van der Waals surface area contributed by atoms with E-state index in [0.717, 1.165) is 0 Å². The van der Waals surface area contributed by atoms with Crippen LogP contribution in [-0.2, 0) is 19.9 Å². The van der Waals surface area contributed by atoms with E-state index in [9.17, 15) is 16.8 Å². The molecule has 0 atom stereocenters. The summed E-state index contributed by atoms with van der Waals surface area (Å²) in [5.41, 5.74) is 0.692. The van der Waals surface area contributed by atoms with Crippen LogP contribution < -0.4 is 10.0 Å². The Balaban J connectivity index is 2.60. The Morgan fingerprint density at radius 3 is 2.10 bits per heavy atom. The number of rotatable bonds is 9. The minimum absolute atomic E-state index is 0.0310. The summed E-state index contributed by atoms with van der Waals surface area (Å²) in [7, 11) is -6.46. The quantitative estimate of drug-likeness (QED) is 0.708. The zero-order valence-corrected chi connectivity index (χ0v) is 13.9. The molecule has 1 aromatic carbocycles. The van der Waals surface area contributed by atoms with Crippen molar-refractivity contribution in [2.24, 2.45) is 0 Å². The highest BCUT2D eigenvalue weighted by Crippen LogP contribution is 2.15. The van der Waals surface area contributed by atoms with E-state index in [2.05, 4.69) is 10.0 Å². The summed E-state index contributed by atoms with van der Waals surface area (Å²) in [6.07, 6.45) is 0.574. The summed E-state index contributed by atoms with van der Waals surface area (Å²) in [6.45, 7) is 4.17. The molecule has 0 saturated carbocycles. The highest BCUT2D eigenvalue weighted by molar-refractivity contribution is 7.91. The number of hydrogen-bond acceptors (Lipinski definition) is 5. The van der Waals surface area contributed by atoms with Crippen LogP contribution in [0.2, 0.25) is 0 Å². The van der Waals surface area contributed by atoms with Crippen molar-refractivity contribution >= 4 is 25.5 Å². The fourth-order valence-corrected chi connectivity index (χ4v) is 4.07. The van der Waals surface area contributed by atoms with E-state index < -0.39 is 19.9 Å². The Bertz CT molecular complexity index is 637. The smallest absolute Gasteiger partial charge is 0.213 e. The van der Waals surface area contributed by atoms with Gasteiger partial charge in [-0.2, -0.15) is 0 Å². The minimum atomic E-state index is -3.25. The molecule has 0 radical (unpaired) electrons. The zero-order valence-electron chi connectivity index (χ0n) is 12.3. The predicted octanol–water partition coefficient (Wildman–Crippen LogP) is 1.22. The zero-order chi connectivity index (χ0) is 15.9. The van der Waals surface area contributed by atoms with Crippen molar-refractivity contribution in [2.45, 2.75) is 25.2 Å². The average molecular weight is 334 g/mol. The molecule has 2 N–H and O–H groups in total. The maximum absolute atomic E-state index is 11.9. The monoisotopic (exact) mass is 334 g/mol. The molecule has 0 fully saturated rings. The third-order valence-electron chi connectivity index (χ3n) is 2.75. The van der Waals surface area contributed by atoms with E-state index in [-0.39, 0.29) is 22.9 Å². The molecular weight excluding hydrogens is 312 g/mol. The van der Waals surface area contributed by atoms with Crippen LogP contribution in [0.1, 0.15) is 20.3 Å². The van der Waals surface area contributed by atoms with Gasteiger partial charge in [-0.15, -0.1) is 0 Å². The molecule has 8 heteroatoms. The molecule has 1 aromatic rings. The van der Waals surface area contributed by atoms with Gasteiger partial charge in [0.1, 0.15) is 0 Å². The normalized spacial score (nSPS) is 12.3. The molecule has 0 amide bonds. The van der Waals surface area contributed by atoms with Crippen LogP contribution in [0.5, 0.6) is 0 Å². The lowest BCUT2D eigenvalue weighted by Gasteiger charge is -2.08. The Kier molecular flexibility index (Phi) is 6.63. The van der Waals surface area contributed by atoms with E-state index in [0.29, 0.717) is 18.7 Å². The van der Waals surface area contributed by atoms with E-state index in [1.807, 2.05) is 6.92 Å². The van der Waals surface area contributed by atoms with Crippen molar-refractivity contribution in [3.63, 3.8) is 0 Å². The molecule has 0 aromatic heterocycles. The van der Waals surface area contributed by atoms with Crippen LogP contribution in [0, 0.1) is 0 Å². The van der Waals surface area contributed by atoms with Gasteiger partial charge < -0.3 is 5.32 Å². The number of anilines is 1. The second-order valence-electron chi connectivity index (χ2n) is 4.59. The van der Waals surface area contributed by atoms with Gasteiger partial charge in [0.05, 0.1) is 16.4 Å². The SMILES string of the molecule is CCCS(=O)(=O)c1ccc(NCCS(=O)(=O)NCC)cc1. The number of hydrogen-bond donors (Lipinski definition) is 2. The molecule has 0 saturated heterocycles. The molecule has 0 unspecified atom stereocenters. The maximum atomic E-state index is 11.9. The van der Waals surface area contributed by atoms with E-state index >= 15 is 0 Å². The summed E-state index contributed by atoms with van der Waals surface area (Å²) >= 11 is 0. The molecule has 0 aliphatic heterocycles. The Hall–Kier alpha value is -1.12. The van der Waals surface area contributed by atoms with E-state index in [1.54, 1.807) is 19.1 Å². The molecule has 1 rings (SSSR count). The van der Waals surface area contributed by atoms with Crippen LogP contribution in [-0.4, -0.2) is 41.4 Å². The Labute approximate surface area is 126 Å². The lowest BCUT2D eigenvalue weighted by atomic mass is 10.3. The molecule has 0 aliphatic carbocycles. The topological polar surface area (TPSA) is 92.3 Å². The van der Waals surface area contributed by atoms with Gasteiger partial charge in [-0.1, -0.05) is 13.8 Å². The molecule has 0 heterocycles. The van der Waals surface area contributed by atoms with Gasteiger partial charge in [-0.25, -0.2) is 21.6 Å². The molecule has 21 heavy (non-hydrogen) atoms. The highest BCUT2D eigenvalue weighted by atomic mass is 32.2. The van der Waals surface area contributed by atoms with Crippen LogP contribution >= 0.6 is 0 Å². The first kappa shape index (κ1) is 17.9. The minimum Gasteiger partial charge on any atom is -0.384 e. The maximum Gasteiger partial charge on any atom is 0.213 e. The molecular formula is C13H22N2O4S2. The fourth-order valence-electron chi connectivity index (χ4n) is 1.79. The van der Waals surface area contributed by atoms with Crippen LogP contribution in [0.25, 0.3) is 0 Å². The first-order valence-electron chi connectivity index (χ1n) is 6.84. The predicted molar refractivity (Wildman–Crippen MR) is 84.7 cm³/mol. The second-order valence-corrected chi connectivity index (χ2v) is 8.62. The lowest BCUT2D eigenvalue weighted by molar-refractivity contribution is 0.584. The van der Waals surface area contributed by atoms with Crippen molar-refractivity contribution in [3.8, 4) is 0 Å². The largest absolute Gasteiger partial charge is 0.384 e. The molecule has 120 valence electrons. The first-order chi connectivity index (χ1) is 9.80. The highest BCUT2D eigenvalue weighted by Gasteiger charge is 2.12. The number of benzene rings is 1. The summed E-state index contributed by atoms with van der Waals surface area (Å²) in [5, 5.41) is 2.96. The fraction of sp³-hybridized carbons (Fsp3) is 0.538. The molecule has 0 spiro atoms. The third-order valence-corrected chi connectivity index (χ3v) is 6.16. The van der Waals surface area contributed by atoms with Gasteiger partial charge in [0.25, 0.3) is 0 Å². The lowest BCUT2D eigenvalue weighted by Crippen LogP contribution is -2.29. The molecule has 0 aliphatic rings. The number of nitrogens with one attached hydrogen (secondary N) is 2. The van der Waals surface area contributed by atoms with Crippen LogP contribution in [0.4, 0.5) is 5.69 Å². The van der Waals surface area contributed by atoms with Gasteiger partial charge in [0.2, 0.25) is 10.0 Å². The summed E-state index contributed by atoms with van der Waals surface area (Å²) < 4.78 is 49.0. The van der Waals surface area contributed by atoms with Crippen molar-refractivity contribution in [1.82, 2.24) is 4.72 Å². The van der Waals surface area contributed by atoms with Crippen molar-refractivity contribution < 1.29 is 16.8 Å². The van der Waals surface area contributed by atoms with Crippen molar-refractivity contribution in [2.75, 3.05) is 29.9 Å². The van der Waals surface area contributed by atoms with Gasteiger partial charge >= 0.3 is 0 Å². The second kappa shape index (κ2) is 7.77. The number of sulfone groups is 1. The Morgan fingerprint density at radius 1 is 0.952 bits per heavy atom. The first-order valence-corrected chi connectivity index (χ1v) is 10.1. The molecule has 0 bridgehead atoms. The van der Waals surface area contributed by atoms with Crippen molar-refractivity contribution in [1.29, 1.82) is 0 Å². The summed E-state index contributed by atoms with van der Waals surface area (Å²) in [5.74, 6) is 0.0947. The summed E-state index contributed by atoms with van der Waals surface area (Å²) in [6, 6.07) is 6.35. The van der Waals surface area contributed by atoms with Gasteiger partial charge in [-0.3, -0.25) is 0 Å². The standard InChI is InChI=1S/C13H22N2O4S2/c1-3-10-20(16,17)13-7-5-12(6-8-13)14-9-11-21(18,19)15-4-2/h5-8,14-15H,3-4,9-11H2,1-2H3. The van der Waals surface area contributed by atoms with E-state index in [1.165, 1.54) is 12.1 Å². The van der Waals surface area contributed by atoms with Crippen molar-refractivity contribution in [3.05, 3.63) is 24.3 Å². The van der Waals surface area contributed by atoms with Gasteiger partial charge in [0, 0.05) is 18.8 Å².